The zero-order valence-corrected chi connectivity index (χ0v) is 13.5. The molecule has 2 aromatic carbocycles. The molecule has 3 rings (SSSR count). The van der Waals surface area contributed by atoms with Crippen molar-refractivity contribution in [2.75, 3.05) is 24.5 Å². The van der Waals surface area contributed by atoms with Gasteiger partial charge in [0, 0.05) is 25.3 Å². The van der Waals surface area contributed by atoms with Crippen LogP contribution in [0, 0.1) is 0 Å². The van der Waals surface area contributed by atoms with Crippen LogP contribution >= 0.6 is 0 Å². The first-order chi connectivity index (χ1) is 11.2. The van der Waals surface area contributed by atoms with Gasteiger partial charge in [-0.15, -0.1) is 0 Å². The molecule has 2 aromatic rings. The molecular formula is C19H23N3O. The second-order valence-corrected chi connectivity index (χ2v) is 5.93. The number of para-hydroxylation sites is 1. The molecule has 4 nitrogen and oxygen atoms in total. The fourth-order valence-electron chi connectivity index (χ4n) is 2.98. The number of anilines is 1. The maximum atomic E-state index is 12.4. The van der Waals surface area contributed by atoms with Gasteiger partial charge in [-0.25, -0.2) is 0 Å². The third-order valence-electron chi connectivity index (χ3n) is 4.22. The maximum absolute atomic E-state index is 12.4. The minimum Gasteiger partial charge on any atom is -0.361 e. The summed E-state index contributed by atoms with van der Waals surface area (Å²) >= 11 is 0. The van der Waals surface area contributed by atoms with E-state index in [4.69, 9.17) is 0 Å². The lowest BCUT2D eigenvalue weighted by molar-refractivity contribution is -0.120. The van der Waals surface area contributed by atoms with E-state index in [1.807, 2.05) is 49.4 Å². The van der Waals surface area contributed by atoms with Gasteiger partial charge in [0.2, 0.25) is 5.91 Å². The molecular weight excluding hydrogens is 286 g/mol. The minimum absolute atomic E-state index is 0.0176. The lowest BCUT2D eigenvalue weighted by Gasteiger charge is -2.25. The molecule has 0 bridgehead atoms. The molecule has 23 heavy (non-hydrogen) atoms. The molecule has 2 N–H and O–H groups in total. The number of nitrogens with zero attached hydrogens (tertiary/aromatic N) is 1. The fourth-order valence-corrected chi connectivity index (χ4v) is 2.98. The molecule has 1 heterocycles. The van der Waals surface area contributed by atoms with E-state index >= 15 is 0 Å². The topological polar surface area (TPSA) is 44.4 Å². The number of hydrogen-bond donors (Lipinski definition) is 2. The summed E-state index contributed by atoms with van der Waals surface area (Å²) in [7, 11) is 0. The molecule has 0 aliphatic carbocycles. The summed E-state index contributed by atoms with van der Waals surface area (Å²) in [5.41, 5.74) is 3.52. The van der Waals surface area contributed by atoms with Gasteiger partial charge in [-0.3, -0.25) is 4.79 Å². The van der Waals surface area contributed by atoms with Crippen LogP contribution in [0.15, 0.2) is 54.6 Å². The first kappa shape index (κ1) is 15.6. The highest BCUT2D eigenvalue weighted by Gasteiger charge is 2.18. The van der Waals surface area contributed by atoms with Gasteiger partial charge in [-0.2, -0.15) is 0 Å². The Kier molecular flexibility index (Phi) is 4.93. The molecule has 1 aliphatic heterocycles. The zero-order valence-electron chi connectivity index (χ0n) is 13.5. The second-order valence-electron chi connectivity index (χ2n) is 5.93. The van der Waals surface area contributed by atoms with Gasteiger partial charge in [0.25, 0.3) is 0 Å². The molecule has 0 spiro atoms. The van der Waals surface area contributed by atoms with Crippen molar-refractivity contribution >= 4 is 11.6 Å². The monoisotopic (exact) mass is 309 g/mol. The standard InChI is InChI=1S/C19H23N3O/c1-15(16-7-3-2-4-8-16)21-19(23)14-22-12-11-20-13-17-9-5-6-10-18(17)22/h2-10,15,20H,11-14H2,1H3,(H,21,23). The van der Waals surface area contributed by atoms with E-state index in [1.165, 1.54) is 5.56 Å². The SMILES string of the molecule is CC(NC(=O)CN1CCNCc2ccccc21)c1ccccc1. The molecule has 0 saturated carbocycles. The average molecular weight is 309 g/mol. The number of hydrogen-bond acceptors (Lipinski definition) is 3. The lowest BCUT2D eigenvalue weighted by atomic mass is 10.1. The van der Waals surface area contributed by atoms with Gasteiger partial charge < -0.3 is 15.5 Å². The highest BCUT2D eigenvalue weighted by Crippen LogP contribution is 2.21. The van der Waals surface area contributed by atoms with Crippen LogP contribution in [0.1, 0.15) is 24.1 Å². The summed E-state index contributed by atoms with van der Waals surface area (Å²) in [4.78, 5) is 14.6. The quantitative estimate of drug-likeness (QED) is 0.912. The summed E-state index contributed by atoms with van der Waals surface area (Å²) in [6.45, 7) is 4.98. The van der Waals surface area contributed by atoms with E-state index in [2.05, 4.69) is 27.7 Å². The number of benzene rings is 2. The predicted molar refractivity (Wildman–Crippen MR) is 93.4 cm³/mol. The van der Waals surface area contributed by atoms with E-state index < -0.39 is 0 Å². The number of carbonyl (C=O) groups is 1. The van der Waals surface area contributed by atoms with Gasteiger partial charge in [0.05, 0.1) is 12.6 Å². The van der Waals surface area contributed by atoms with E-state index in [9.17, 15) is 4.79 Å². The van der Waals surface area contributed by atoms with Crippen LogP contribution in [0.3, 0.4) is 0 Å². The molecule has 0 saturated heterocycles. The summed E-state index contributed by atoms with van der Waals surface area (Å²) in [6.07, 6.45) is 0. The van der Waals surface area contributed by atoms with Gasteiger partial charge in [0.1, 0.15) is 0 Å². The second kappa shape index (κ2) is 7.29. The minimum atomic E-state index is 0.0176. The molecule has 0 radical (unpaired) electrons. The number of carbonyl (C=O) groups excluding carboxylic acids is 1. The summed E-state index contributed by atoms with van der Waals surface area (Å²) in [6, 6.07) is 18.4. The normalized spacial score (nSPS) is 15.4. The van der Waals surface area contributed by atoms with Gasteiger partial charge in [-0.05, 0) is 24.1 Å². The molecule has 1 amide bonds. The highest BCUT2D eigenvalue weighted by molar-refractivity contribution is 5.82. The first-order valence-corrected chi connectivity index (χ1v) is 8.12. The molecule has 4 heteroatoms. The molecule has 120 valence electrons. The van der Waals surface area contributed by atoms with Crippen molar-refractivity contribution < 1.29 is 4.79 Å². The maximum Gasteiger partial charge on any atom is 0.239 e. The van der Waals surface area contributed by atoms with Crippen molar-refractivity contribution in [2.24, 2.45) is 0 Å². The Morgan fingerprint density at radius 2 is 1.91 bits per heavy atom. The van der Waals surface area contributed by atoms with Crippen molar-refractivity contribution in [1.29, 1.82) is 0 Å². The summed E-state index contributed by atoms with van der Waals surface area (Å²) in [5, 5.41) is 6.49. The molecule has 0 aromatic heterocycles. The summed E-state index contributed by atoms with van der Waals surface area (Å²) in [5.74, 6) is 0.0538. The van der Waals surface area contributed by atoms with E-state index in [-0.39, 0.29) is 11.9 Å². The van der Waals surface area contributed by atoms with E-state index in [0.29, 0.717) is 6.54 Å². The Morgan fingerprint density at radius 1 is 1.17 bits per heavy atom. The van der Waals surface area contributed by atoms with Crippen molar-refractivity contribution in [3.05, 3.63) is 65.7 Å². The Balaban J connectivity index is 1.66. The Bertz CT molecular complexity index is 657. The third kappa shape index (κ3) is 3.90. The van der Waals surface area contributed by atoms with Crippen LogP contribution in [0.5, 0.6) is 0 Å². The van der Waals surface area contributed by atoms with E-state index in [1.54, 1.807) is 0 Å². The van der Waals surface area contributed by atoms with E-state index in [0.717, 1.165) is 30.9 Å². The number of nitrogens with one attached hydrogen (secondary N) is 2. The summed E-state index contributed by atoms with van der Waals surface area (Å²) < 4.78 is 0. The van der Waals surface area contributed by atoms with Gasteiger partial charge in [0.15, 0.2) is 0 Å². The third-order valence-corrected chi connectivity index (χ3v) is 4.22. The molecule has 1 unspecified atom stereocenters. The Morgan fingerprint density at radius 3 is 2.74 bits per heavy atom. The lowest BCUT2D eigenvalue weighted by Crippen LogP contribution is -2.40. The number of fused-ring (bicyclic) bond motifs is 1. The Hall–Kier alpha value is -2.33. The van der Waals surface area contributed by atoms with Crippen molar-refractivity contribution in [2.45, 2.75) is 19.5 Å². The molecule has 1 aliphatic rings. The number of amides is 1. The zero-order chi connectivity index (χ0) is 16.1. The first-order valence-electron chi connectivity index (χ1n) is 8.12. The average Bonchev–Trinajstić information content (AvgIpc) is 2.78. The fraction of sp³-hybridized carbons (Fsp3) is 0.316. The molecule has 1 atom stereocenters. The Labute approximate surface area is 137 Å². The van der Waals surface area contributed by atoms with Crippen LogP contribution in [-0.2, 0) is 11.3 Å². The van der Waals surface area contributed by atoms with Crippen LogP contribution in [0.25, 0.3) is 0 Å². The highest BCUT2D eigenvalue weighted by atomic mass is 16.2. The predicted octanol–water partition coefficient (Wildman–Crippen LogP) is 2.47. The largest absolute Gasteiger partial charge is 0.361 e. The molecule has 0 fully saturated rings. The van der Waals surface area contributed by atoms with Gasteiger partial charge >= 0.3 is 0 Å². The number of rotatable bonds is 4. The van der Waals surface area contributed by atoms with Crippen molar-refractivity contribution in [3.63, 3.8) is 0 Å². The van der Waals surface area contributed by atoms with Crippen LogP contribution in [-0.4, -0.2) is 25.5 Å². The van der Waals surface area contributed by atoms with Crippen LogP contribution < -0.4 is 15.5 Å². The van der Waals surface area contributed by atoms with Crippen molar-refractivity contribution in [3.8, 4) is 0 Å². The van der Waals surface area contributed by atoms with Crippen molar-refractivity contribution in [1.82, 2.24) is 10.6 Å². The van der Waals surface area contributed by atoms with Crippen LogP contribution in [0.2, 0.25) is 0 Å². The smallest absolute Gasteiger partial charge is 0.239 e. The van der Waals surface area contributed by atoms with Gasteiger partial charge in [-0.1, -0.05) is 48.5 Å². The van der Waals surface area contributed by atoms with Crippen LogP contribution in [0.4, 0.5) is 5.69 Å².